The van der Waals surface area contributed by atoms with Crippen LogP contribution in [0.1, 0.15) is 60.7 Å². The summed E-state index contributed by atoms with van der Waals surface area (Å²) in [5.41, 5.74) is 5.60. The van der Waals surface area contributed by atoms with Crippen molar-refractivity contribution < 1.29 is 0 Å². The Morgan fingerprint density at radius 2 is 1.81 bits per heavy atom. The molecule has 84 valence electrons. The van der Waals surface area contributed by atoms with Crippen LogP contribution >= 0.6 is 0 Å². The van der Waals surface area contributed by atoms with Crippen LogP contribution in [0, 0.1) is 18.3 Å². The lowest BCUT2D eigenvalue weighted by molar-refractivity contribution is 0.666. The summed E-state index contributed by atoms with van der Waals surface area (Å²) in [6.07, 6.45) is 4.60. The van der Waals surface area contributed by atoms with Crippen molar-refractivity contribution in [3.8, 4) is 6.07 Å². The largest absolute Gasteiger partial charge is 0.256 e. The fraction of sp³-hybridized carbons (Fsp3) is 0.571. The number of fused-ring (bicyclic) bond motifs is 1. The number of pyridine rings is 1. The van der Waals surface area contributed by atoms with Crippen LogP contribution in [-0.4, -0.2) is 4.98 Å². The molecule has 2 nitrogen and oxygen atoms in total. The molecule has 1 aromatic rings. The van der Waals surface area contributed by atoms with Crippen molar-refractivity contribution in [1.29, 1.82) is 5.26 Å². The smallest absolute Gasteiger partial charge is 0.101 e. The maximum Gasteiger partial charge on any atom is 0.101 e. The summed E-state index contributed by atoms with van der Waals surface area (Å²) < 4.78 is 0. The topological polar surface area (TPSA) is 36.7 Å². The molecule has 0 N–H and O–H groups in total. The van der Waals surface area contributed by atoms with Gasteiger partial charge in [0.05, 0.1) is 11.3 Å². The van der Waals surface area contributed by atoms with E-state index >= 15 is 0 Å². The van der Waals surface area contributed by atoms with E-state index in [1.807, 2.05) is 0 Å². The van der Waals surface area contributed by atoms with E-state index < -0.39 is 0 Å². The normalized spacial score (nSPS) is 14.7. The van der Waals surface area contributed by atoms with Gasteiger partial charge in [-0.1, -0.05) is 13.8 Å². The van der Waals surface area contributed by atoms with Gasteiger partial charge < -0.3 is 0 Å². The van der Waals surface area contributed by atoms with E-state index in [0.29, 0.717) is 5.92 Å². The molecule has 1 aliphatic carbocycles. The van der Waals surface area contributed by atoms with E-state index in [1.165, 1.54) is 24.0 Å². The Hall–Kier alpha value is -1.36. The molecule has 2 rings (SSSR count). The molecule has 0 saturated carbocycles. The summed E-state index contributed by atoms with van der Waals surface area (Å²) in [4.78, 5) is 4.63. The Morgan fingerprint density at radius 3 is 2.38 bits per heavy atom. The van der Waals surface area contributed by atoms with Crippen LogP contribution in [0.5, 0.6) is 0 Å². The van der Waals surface area contributed by atoms with Crippen molar-refractivity contribution in [2.24, 2.45) is 0 Å². The second-order valence-electron chi connectivity index (χ2n) is 4.89. The minimum atomic E-state index is 0.334. The van der Waals surface area contributed by atoms with Gasteiger partial charge in [-0.05, 0) is 49.7 Å². The van der Waals surface area contributed by atoms with E-state index in [2.05, 4.69) is 31.8 Å². The molecular weight excluding hydrogens is 196 g/mol. The molecular formula is C14H18N2. The van der Waals surface area contributed by atoms with Crippen LogP contribution in [0.3, 0.4) is 0 Å². The second kappa shape index (κ2) is 4.25. The van der Waals surface area contributed by atoms with Crippen molar-refractivity contribution in [2.75, 3.05) is 0 Å². The van der Waals surface area contributed by atoms with Gasteiger partial charge in [0, 0.05) is 5.69 Å². The van der Waals surface area contributed by atoms with Gasteiger partial charge in [-0.15, -0.1) is 0 Å². The van der Waals surface area contributed by atoms with Crippen LogP contribution in [0.25, 0.3) is 0 Å². The molecule has 2 heteroatoms. The van der Waals surface area contributed by atoms with Crippen molar-refractivity contribution in [3.05, 3.63) is 28.1 Å². The molecule has 16 heavy (non-hydrogen) atoms. The SMILES string of the molecule is Cc1nc(C(C)C)c(C#N)c2c1CCCC2. The maximum absolute atomic E-state index is 9.32. The highest BCUT2D eigenvalue weighted by Gasteiger charge is 2.21. The Kier molecular flexibility index (Phi) is 2.96. The predicted octanol–water partition coefficient (Wildman–Crippen LogP) is 3.26. The molecule has 0 unspecified atom stereocenters. The summed E-state index contributed by atoms with van der Waals surface area (Å²) in [7, 11) is 0. The zero-order chi connectivity index (χ0) is 11.7. The van der Waals surface area contributed by atoms with Crippen LogP contribution in [0.2, 0.25) is 0 Å². The van der Waals surface area contributed by atoms with Gasteiger partial charge in [0.25, 0.3) is 0 Å². The number of nitrogens with zero attached hydrogens (tertiary/aromatic N) is 2. The summed E-state index contributed by atoms with van der Waals surface area (Å²) in [5.74, 6) is 0.334. The van der Waals surface area contributed by atoms with Crippen molar-refractivity contribution in [1.82, 2.24) is 4.98 Å². The van der Waals surface area contributed by atoms with Crippen molar-refractivity contribution in [3.63, 3.8) is 0 Å². The summed E-state index contributed by atoms with van der Waals surface area (Å²) >= 11 is 0. The number of nitriles is 1. The standard InChI is InChI=1S/C14H18N2/c1-9(2)14-13(8-15)12-7-5-4-6-11(12)10(3)16-14/h9H,4-7H2,1-3H3. The number of hydrogen-bond acceptors (Lipinski definition) is 2. The van der Waals surface area contributed by atoms with Crippen molar-refractivity contribution >= 4 is 0 Å². The lowest BCUT2D eigenvalue weighted by Crippen LogP contribution is -2.13. The molecule has 1 heterocycles. The lowest BCUT2D eigenvalue weighted by atomic mass is 9.85. The second-order valence-corrected chi connectivity index (χ2v) is 4.89. The number of aromatic nitrogens is 1. The predicted molar refractivity (Wildman–Crippen MR) is 64.4 cm³/mol. The highest BCUT2D eigenvalue weighted by atomic mass is 14.7. The quantitative estimate of drug-likeness (QED) is 0.719. The Bertz CT molecular complexity index is 453. The fourth-order valence-corrected chi connectivity index (χ4v) is 2.58. The van der Waals surface area contributed by atoms with Crippen LogP contribution in [0.4, 0.5) is 0 Å². The third-order valence-electron chi connectivity index (χ3n) is 3.41. The van der Waals surface area contributed by atoms with Gasteiger partial charge in [0.15, 0.2) is 0 Å². The Balaban J connectivity index is 2.68. The van der Waals surface area contributed by atoms with Gasteiger partial charge in [-0.25, -0.2) is 0 Å². The number of rotatable bonds is 1. The molecule has 1 aliphatic rings. The molecule has 0 radical (unpaired) electrons. The van der Waals surface area contributed by atoms with Crippen molar-refractivity contribution in [2.45, 2.75) is 52.4 Å². The van der Waals surface area contributed by atoms with E-state index in [9.17, 15) is 5.26 Å². The Morgan fingerprint density at radius 1 is 1.19 bits per heavy atom. The molecule has 1 aromatic heterocycles. The first-order chi connectivity index (χ1) is 7.65. The monoisotopic (exact) mass is 214 g/mol. The number of hydrogen-bond donors (Lipinski definition) is 0. The third-order valence-corrected chi connectivity index (χ3v) is 3.41. The molecule has 0 spiro atoms. The molecule has 0 aromatic carbocycles. The van der Waals surface area contributed by atoms with Crippen LogP contribution in [0.15, 0.2) is 0 Å². The first-order valence-electron chi connectivity index (χ1n) is 6.07. The molecule has 0 fully saturated rings. The minimum Gasteiger partial charge on any atom is -0.256 e. The fourth-order valence-electron chi connectivity index (χ4n) is 2.58. The van der Waals surface area contributed by atoms with Crippen LogP contribution < -0.4 is 0 Å². The summed E-state index contributed by atoms with van der Waals surface area (Å²) in [6, 6.07) is 2.37. The first kappa shape index (κ1) is 11.1. The average molecular weight is 214 g/mol. The van der Waals surface area contributed by atoms with Gasteiger partial charge in [-0.2, -0.15) is 5.26 Å². The van der Waals surface area contributed by atoms with Gasteiger partial charge in [-0.3, -0.25) is 4.98 Å². The maximum atomic E-state index is 9.32. The minimum absolute atomic E-state index is 0.334. The average Bonchev–Trinajstić information content (AvgIpc) is 2.29. The summed E-state index contributed by atoms with van der Waals surface area (Å²) in [5, 5.41) is 9.32. The first-order valence-corrected chi connectivity index (χ1v) is 6.07. The number of aryl methyl sites for hydroxylation is 1. The summed E-state index contributed by atoms with van der Waals surface area (Å²) in [6.45, 7) is 6.30. The Labute approximate surface area is 97.3 Å². The third kappa shape index (κ3) is 1.71. The highest BCUT2D eigenvalue weighted by Crippen LogP contribution is 2.30. The lowest BCUT2D eigenvalue weighted by Gasteiger charge is -2.21. The molecule has 0 amide bonds. The van der Waals surface area contributed by atoms with E-state index in [1.54, 1.807) is 0 Å². The van der Waals surface area contributed by atoms with E-state index in [0.717, 1.165) is 29.8 Å². The van der Waals surface area contributed by atoms with Gasteiger partial charge in [0.2, 0.25) is 0 Å². The highest BCUT2D eigenvalue weighted by molar-refractivity contribution is 5.49. The van der Waals surface area contributed by atoms with Gasteiger partial charge >= 0.3 is 0 Å². The van der Waals surface area contributed by atoms with E-state index in [4.69, 9.17) is 0 Å². The zero-order valence-corrected chi connectivity index (χ0v) is 10.3. The molecule has 0 aliphatic heterocycles. The molecule has 0 atom stereocenters. The van der Waals surface area contributed by atoms with E-state index in [-0.39, 0.29) is 0 Å². The molecule has 0 saturated heterocycles. The van der Waals surface area contributed by atoms with Gasteiger partial charge in [0.1, 0.15) is 6.07 Å². The van der Waals surface area contributed by atoms with Crippen LogP contribution in [-0.2, 0) is 12.8 Å². The molecule has 0 bridgehead atoms. The zero-order valence-electron chi connectivity index (χ0n) is 10.3.